The number of amides is 1. The van der Waals surface area contributed by atoms with Gasteiger partial charge >= 0.3 is 0 Å². The van der Waals surface area contributed by atoms with Gasteiger partial charge in [0, 0.05) is 12.1 Å². The highest BCUT2D eigenvalue weighted by Gasteiger charge is 2.30. The molecule has 0 aromatic heterocycles. The van der Waals surface area contributed by atoms with Crippen LogP contribution in [0.3, 0.4) is 0 Å². The molecule has 1 amide bonds. The van der Waals surface area contributed by atoms with Crippen LogP contribution in [0.4, 0.5) is 0 Å². The van der Waals surface area contributed by atoms with E-state index in [0.29, 0.717) is 17.1 Å². The topological polar surface area (TPSA) is 59.6 Å². The first-order valence-electron chi connectivity index (χ1n) is 6.33. The summed E-state index contributed by atoms with van der Waals surface area (Å²) in [5.74, 6) is 1.09. The van der Waals surface area contributed by atoms with Crippen LogP contribution >= 0.6 is 0 Å². The van der Waals surface area contributed by atoms with Crippen LogP contribution in [-0.2, 0) is 0 Å². The molecule has 5 heteroatoms. The van der Waals surface area contributed by atoms with Crippen LogP contribution in [0.15, 0.2) is 18.2 Å². The van der Waals surface area contributed by atoms with Crippen LogP contribution in [0.25, 0.3) is 0 Å². The normalized spacial score (nSPS) is 22.1. The van der Waals surface area contributed by atoms with Crippen molar-refractivity contribution < 1.29 is 14.3 Å². The lowest BCUT2D eigenvalue weighted by atomic mass is 10.0. The molecule has 0 bridgehead atoms. The predicted octanol–water partition coefficient (Wildman–Crippen LogP) is 1.19. The molecule has 1 aliphatic rings. The van der Waals surface area contributed by atoms with Gasteiger partial charge in [0.1, 0.15) is 0 Å². The van der Waals surface area contributed by atoms with E-state index in [2.05, 4.69) is 10.6 Å². The number of methoxy groups -OCH3 is 2. The molecule has 104 valence electrons. The Hall–Kier alpha value is -1.75. The number of carbonyl (C=O) groups excluding carboxylic acids is 1. The molecule has 2 rings (SSSR count). The Kier molecular flexibility index (Phi) is 3.95. The Morgan fingerprint density at radius 1 is 1.32 bits per heavy atom. The van der Waals surface area contributed by atoms with Crippen molar-refractivity contribution in [3.05, 3.63) is 23.8 Å². The Morgan fingerprint density at radius 2 is 2.05 bits per heavy atom. The number of nitrogens with one attached hydrogen (secondary N) is 2. The molecule has 1 unspecified atom stereocenters. The molecule has 0 radical (unpaired) electrons. The minimum Gasteiger partial charge on any atom is -0.493 e. The lowest BCUT2D eigenvalue weighted by Crippen LogP contribution is -2.47. The van der Waals surface area contributed by atoms with Crippen molar-refractivity contribution in [1.29, 1.82) is 0 Å². The van der Waals surface area contributed by atoms with Crippen LogP contribution in [0.1, 0.15) is 23.7 Å². The SMILES string of the molecule is COc1ccc(C(=O)NC2(C)CCNC2)cc1OC. The molecular weight excluding hydrogens is 244 g/mol. The van der Waals surface area contributed by atoms with E-state index in [1.807, 2.05) is 6.92 Å². The monoisotopic (exact) mass is 264 g/mol. The predicted molar refractivity (Wildman–Crippen MR) is 72.9 cm³/mol. The third kappa shape index (κ3) is 2.98. The van der Waals surface area contributed by atoms with Gasteiger partial charge in [0.05, 0.1) is 19.8 Å². The second-order valence-corrected chi connectivity index (χ2v) is 5.01. The molecule has 19 heavy (non-hydrogen) atoms. The zero-order valence-corrected chi connectivity index (χ0v) is 11.6. The van der Waals surface area contributed by atoms with E-state index in [0.717, 1.165) is 19.5 Å². The Morgan fingerprint density at radius 3 is 2.63 bits per heavy atom. The molecule has 1 saturated heterocycles. The Balaban J connectivity index is 2.15. The number of carbonyl (C=O) groups is 1. The smallest absolute Gasteiger partial charge is 0.251 e. The van der Waals surface area contributed by atoms with Gasteiger partial charge in [-0.15, -0.1) is 0 Å². The number of hydrogen-bond acceptors (Lipinski definition) is 4. The van der Waals surface area contributed by atoms with Crippen LogP contribution in [-0.4, -0.2) is 38.8 Å². The minimum absolute atomic E-state index is 0.0906. The zero-order chi connectivity index (χ0) is 13.9. The summed E-state index contributed by atoms with van der Waals surface area (Å²) in [7, 11) is 3.13. The molecule has 1 aromatic rings. The van der Waals surface area contributed by atoms with Gasteiger partial charge in [-0.05, 0) is 38.1 Å². The van der Waals surface area contributed by atoms with Gasteiger partial charge in [-0.25, -0.2) is 0 Å². The molecule has 0 spiro atoms. The van der Waals surface area contributed by atoms with Gasteiger partial charge < -0.3 is 20.1 Å². The number of ether oxygens (including phenoxy) is 2. The highest BCUT2D eigenvalue weighted by atomic mass is 16.5. The summed E-state index contributed by atoms with van der Waals surface area (Å²) in [5.41, 5.74) is 0.398. The molecule has 1 fully saturated rings. The maximum absolute atomic E-state index is 12.2. The van der Waals surface area contributed by atoms with E-state index in [1.165, 1.54) is 0 Å². The third-order valence-electron chi connectivity index (χ3n) is 3.43. The Labute approximate surface area is 113 Å². The summed E-state index contributed by atoms with van der Waals surface area (Å²) in [5, 5.41) is 6.31. The second kappa shape index (κ2) is 5.48. The van der Waals surface area contributed by atoms with Crippen LogP contribution in [0.5, 0.6) is 11.5 Å². The maximum atomic E-state index is 12.2. The van der Waals surface area contributed by atoms with Gasteiger partial charge in [-0.3, -0.25) is 4.79 Å². The first kappa shape index (κ1) is 13.7. The third-order valence-corrected chi connectivity index (χ3v) is 3.43. The number of hydrogen-bond donors (Lipinski definition) is 2. The van der Waals surface area contributed by atoms with Gasteiger partial charge in [0.25, 0.3) is 5.91 Å². The fourth-order valence-corrected chi connectivity index (χ4v) is 2.25. The molecule has 0 saturated carbocycles. The van der Waals surface area contributed by atoms with Crippen molar-refractivity contribution in [2.24, 2.45) is 0 Å². The van der Waals surface area contributed by atoms with Gasteiger partial charge in [-0.1, -0.05) is 0 Å². The standard InChI is InChI=1S/C14H20N2O3/c1-14(6-7-15-9-14)16-13(17)10-4-5-11(18-2)12(8-10)19-3/h4-5,8,15H,6-7,9H2,1-3H3,(H,16,17). The van der Waals surface area contributed by atoms with Crippen LogP contribution < -0.4 is 20.1 Å². The summed E-state index contributed by atoms with van der Waals surface area (Å²) in [6.45, 7) is 3.78. The first-order chi connectivity index (χ1) is 9.08. The van der Waals surface area contributed by atoms with E-state index in [-0.39, 0.29) is 11.4 Å². The van der Waals surface area contributed by atoms with Crippen LogP contribution in [0, 0.1) is 0 Å². The molecular formula is C14H20N2O3. The lowest BCUT2D eigenvalue weighted by Gasteiger charge is -2.24. The van der Waals surface area contributed by atoms with E-state index < -0.39 is 0 Å². The zero-order valence-electron chi connectivity index (χ0n) is 11.6. The first-order valence-corrected chi connectivity index (χ1v) is 6.33. The molecule has 1 aliphatic heterocycles. The fourth-order valence-electron chi connectivity index (χ4n) is 2.25. The molecule has 0 aliphatic carbocycles. The van der Waals surface area contributed by atoms with E-state index in [4.69, 9.17) is 9.47 Å². The molecule has 1 heterocycles. The molecule has 5 nitrogen and oxygen atoms in total. The minimum atomic E-state index is -0.176. The average molecular weight is 264 g/mol. The largest absolute Gasteiger partial charge is 0.493 e. The van der Waals surface area contributed by atoms with Gasteiger partial charge in [0.2, 0.25) is 0 Å². The summed E-state index contributed by atoms with van der Waals surface area (Å²) in [6, 6.07) is 5.17. The number of rotatable bonds is 4. The lowest BCUT2D eigenvalue weighted by molar-refractivity contribution is 0.0912. The summed E-state index contributed by atoms with van der Waals surface area (Å²) >= 11 is 0. The maximum Gasteiger partial charge on any atom is 0.251 e. The van der Waals surface area contributed by atoms with E-state index in [9.17, 15) is 4.79 Å². The van der Waals surface area contributed by atoms with Gasteiger partial charge in [-0.2, -0.15) is 0 Å². The summed E-state index contributed by atoms with van der Waals surface area (Å²) in [6.07, 6.45) is 0.937. The van der Waals surface area contributed by atoms with Crippen molar-refractivity contribution in [2.75, 3.05) is 27.3 Å². The number of benzene rings is 1. The molecule has 1 atom stereocenters. The van der Waals surface area contributed by atoms with Crippen molar-refractivity contribution >= 4 is 5.91 Å². The fraction of sp³-hybridized carbons (Fsp3) is 0.500. The molecule has 2 N–H and O–H groups in total. The highest BCUT2D eigenvalue weighted by molar-refractivity contribution is 5.95. The van der Waals surface area contributed by atoms with Crippen LogP contribution in [0.2, 0.25) is 0 Å². The van der Waals surface area contributed by atoms with E-state index in [1.54, 1.807) is 32.4 Å². The van der Waals surface area contributed by atoms with Crippen molar-refractivity contribution in [3.63, 3.8) is 0 Å². The van der Waals surface area contributed by atoms with Gasteiger partial charge in [0.15, 0.2) is 11.5 Å². The van der Waals surface area contributed by atoms with Crippen molar-refractivity contribution in [1.82, 2.24) is 10.6 Å². The van der Waals surface area contributed by atoms with E-state index >= 15 is 0 Å². The summed E-state index contributed by atoms with van der Waals surface area (Å²) < 4.78 is 10.4. The highest BCUT2D eigenvalue weighted by Crippen LogP contribution is 2.27. The quantitative estimate of drug-likeness (QED) is 0.857. The van der Waals surface area contributed by atoms with Crippen molar-refractivity contribution in [2.45, 2.75) is 18.9 Å². The molecule has 1 aromatic carbocycles. The Bertz CT molecular complexity index is 468. The van der Waals surface area contributed by atoms with Crippen molar-refractivity contribution in [3.8, 4) is 11.5 Å². The average Bonchev–Trinajstić information content (AvgIpc) is 2.84. The summed E-state index contributed by atoms with van der Waals surface area (Å²) in [4.78, 5) is 12.2. The second-order valence-electron chi connectivity index (χ2n) is 5.01.